The Labute approximate surface area is 106 Å². The number of imidazole rings is 1. The lowest BCUT2D eigenvalue weighted by atomic mass is 10.3. The van der Waals surface area contributed by atoms with E-state index in [9.17, 15) is 0 Å². The predicted octanol–water partition coefficient (Wildman–Crippen LogP) is 2.89. The summed E-state index contributed by atoms with van der Waals surface area (Å²) < 4.78 is 2.06. The van der Waals surface area contributed by atoms with Gasteiger partial charge in [-0.25, -0.2) is 4.98 Å². The molecule has 3 rings (SSSR count). The van der Waals surface area contributed by atoms with Gasteiger partial charge in [0, 0.05) is 24.3 Å². The number of benzene rings is 1. The number of nitrogens with one attached hydrogen (secondary N) is 1. The lowest BCUT2D eigenvalue weighted by Crippen LogP contribution is -2.09. The largest absolute Gasteiger partial charge is 0.359 e. The maximum absolute atomic E-state index is 4.42. The van der Waals surface area contributed by atoms with Gasteiger partial charge >= 0.3 is 0 Å². The van der Waals surface area contributed by atoms with Crippen LogP contribution in [0.4, 0.5) is 0 Å². The second-order valence-electron chi connectivity index (χ2n) is 3.93. The number of hydrogen-bond acceptors (Lipinski definition) is 2. The maximum atomic E-state index is 4.42. The summed E-state index contributed by atoms with van der Waals surface area (Å²) in [6.45, 7) is 0. The Hall–Kier alpha value is -2.55. The van der Waals surface area contributed by atoms with Gasteiger partial charge in [0.2, 0.25) is 0 Å². The minimum atomic E-state index is 0.900. The fraction of sp³-hybridized carbons (Fsp3) is 0. The lowest BCUT2D eigenvalue weighted by molar-refractivity contribution is 0.993. The van der Waals surface area contributed by atoms with E-state index in [4.69, 9.17) is 0 Å². The molecule has 0 radical (unpaired) electrons. The molecule has 0 unspecified atom stereocenters. The molecule has 0 atom stereocenters. The molecule has 1 aliphatic rings. The summed E-state index contributed by atoms with van der Waals surface area (Å²) in [7, 11) is 0. The highest BCUT2D eigenvalue weighted by Crippen LogP contribution is 2.16. The maximum Gasteiger partial charge on any atom is 0.161 e. The average Bonchev–Trinajstić information content (AvgIpc) is 2.75. The Bertz CT molecular complexity index is 618. The summed E-state index contributed by atoms with van der Waals surface area (Å²) in [5, 5.41) is 3.23. The minimum absolute atomic E-state index is 0.900. The van der Waals surface area contributed by atoms with Crippen molar-refractivity contribution in [2.75, 3.05) is 0 Å². The van der Waals surface area contributed by atoms with Crippen molar-refractivity contribution < 1.29 is 0 Å². The zero-order chi connectivity index (χ0) is 12.2. The van der Waals surface area contributed by atoms with Crippen LogP contribution in [-0.2, 0) is 0 Å². The number of para-hydroxylation sites is 1. The number of allylic oxidation sites excluding steroid dienone is 4. The quantitative estimate of drug-likeness (QED) is 0.867. The smallest absolute Gasteiger partial charge is 0.161 e. The molecule has 3 heteroatoms. The van der Waals surface area contributed by atoms with E-state index in [0.29, 0.717) is 0 Å². The third-order valence-corrected chi connectivity index (χ3v) is 2.74. The Kier molecular flexibility index (Phi) is 2.80. The molecule has 18 heavy (non-hydrogen) atoms. The SMILES string of the molecule is C1=CC=C(c2nccn2-c2ccccc2)NC=C1. The molecule has 1 aromatic carbocycles. The summed E-state index contributed by atoms with van der Waals surface area (Å²) in [6.07, 6.45) is 13.6. The molecular weight excluding hydrogens is 222 g/mol. The van der Waals surface area contributed by atoms with Gasteiger partial charge in [-0.15, -0.1) is 0 Å². The van der Waals surface area contributed by atoms with Crippen molar-refractivity contribution >= 4 is 5.70 Å². The van der Waals surface area contributed by atoms with Gasteiger partial charge in [-0.1, -0.05) is 30.4 Å². The summed E-state index contributed by atoms with van der Waals surface area (Å²) in [4.78, 5) is 4.42. The number of hydrogen-bond donors (Lipinski definition) is 1. The fourth-order valence-corrected chi connectivity index (χ4v) is 1.90. The van der Waals surface area contributed by atoms with E-state index in [1.165, 1.54) is 0 Å². The van der Waals surface area contributed by atoms with Crippen LogP contribution in [0.3, 0.4) is 0 Å². The normalized spacial score (nSPS) is 13.9. The van der Waals surface area contributed by atoms with Crippen LogP contribution in [0.15, 0.2) is 73.2 Å². The summed E-state index contributed by atoms with van der Waals surface area (Å²) in [5.74, 6) is 0.900. The molecule has 1 N–H and O–H groups in total. The molecular formula is C15H13N3. The Morgan fingerprint density at radius 3 is 2.78 bits per heavy atom. The van der Waals surface area contributed by atoms with Gasteiger partial charge in [-0.3, -0.25) is 4.57 Å². The van der Waals surface area contributed by atoms with E-state index in [-0.39, 0.29) is 0 Å². The van der Waals surface area contributed by atoms with E-state index < -0.39 is 0 Å². The number of rotatable bonds is 2. The average molecular weight is 235 g/mol. The van der Waals surface area contributed by atoms with Crippen molar-refractivity contribution in [1.29, 1.82) is 0 Å². The highest BCUT2D eigenvalue weighted by atomic mass is 15.1. The lowest BCUT2D eigenvalue weighted by Gasteiger charge is -2.10. The topological polar surface area (TPSA) is 29.9 Å². The summed E-state index contributed by atoms with van der Waals surface area (Å²) in [6, 6.07) is 10.2. The van der Waals surface area contributed by atoms with Crippen LogP contribution >= 0.6 is 0 Å². The van der Waals surface area contributed by atoms with Crippen LogP contribution in [0.2, 0.25) is 0 Å². The van der Waals surface area contributed by atoms with Gasteiger partial charge < -0.3 is 5.32 Å². The van der Waals surface area contributed by atoms with Gasteiger partial charge in [0.15, 0.2) is 5.82 Å². The third-order valence-electron chi connectivity index (χ3n) is 2.74. The monoisotopic (exact) mass is 235 g/mol. The van der Waals surface area contributed by atoms with E-state index in [1.807, 2.05) is 61.1 Å². The standard InChI is InChI=1S/C15H13N3/c1-3-7-13(8-4-1)18-12-11-17-15(18)14-9-5-2-6-10-16-14/h1-12,16H. The molecule has 0 saturated heterocycles. The second-order valence-corrected chi connectivity index (χ2v) is 3.93. The summed E-state index contributed by atoms with van der Waals surface area (Å²) in [5.41, 5.74) is 2.08. The molecule has 1 aromatic heterocycles. The van der Waals surface area contributed by atoms with E-state index >= 15 is 0 Å². The van der Waals surface area contributed by atoms with Crippen LogP contribution in [0.25, 0.3) is 11.4 Å². The Morgan fingerprint density at radius 2 is 1.89 bits per heavy atom. The Morgan fingerprint density at radius 1 is 1.00 bits per heavy atom. The first kappa shape index (κ1) is 10.6. The molecule has 2 aromatic rings. The molecule has 1 aliphatic heterocycles. The van der Waals surface area contributed by atoms with E-state index in [1.54, 1.807) is 0 Å². The minimum Gasteiger partial charge on any atom is -0.359 e. The highest BCUT2D eigenvalue weighted by Gasteiger charge is 2.09. The molecule has 0 spiro atoms. The van der Waals surface area contributed by atoms with Gasteiger partial charge in [0.25, 0.3) is 0 Å². The molecule has 0 amide bonds. The van der Waals surface area contributed by atoms with Crippen LogP contribution in [0.1, 0.15) is 5.82 Å². The highest BCUT2D eigenvalue weighted by molar-refractivity contribution is 5.63. The number of nitrogens with zero attached hydrogens (tertiary/aromatic N) is 2. The number of aromatic nitrogens is 2. The van der Waals surface area contributed by atoms with Gasteiger partial charge in [0.05, 0.1) is 5.70 Å². The molecule has 88 valence electrons. The second kappa shape index (κ2) is 4.75. The van der Waals surface area contributed by atoms with Crippen LogP contribution < -0.4 is 5.32 Å². The molecule has 2 heterocycles. The van der Waals surface area contributed by atoms with Crippen LogP contribution in [-0.4, -0.2) is 9.55 Å². The summed E-state index contributed by atoms with van der Waals surface area (Å²) >= 11 is 0. The molecule has 0 bridgehead atoms. The van der Waals surface area contributed by atoms with Gasteiger partial charge in [-0.05, 0) is 24.3 Å². The van der Waals surface area contributed by atoms with E-state index in [0.717, 1.165) is 17.2 Å². The fourth-order valence-electron chi connectivity index (χ4n) is 1.90. The third kappa shape index (κ3) is 1.98. The van der Waals surface area contributed by atoms with Crippen LogP contribution in [0, 0.1) is 0 Å². The zero-order valence-electron chi connectivity index (χ0n) is 9.82. The van der Waals surface area contributed by atoms with Crippen molar-refractivity contribution in [3.63, 3.8) is 0 Å². The van der Waals surface area contributed by atoms with Gasteiger partial charge in [0.1, 0.15) is 0 Å². The van der Waals surface area contributed by atoms with Crippen molar-refractivity contribution in [3.8, 4) is 5.69 Å². The predicted molar refractivity (Wildman–Crippen MR) is 73.0 cm³/mol. The van der Waals surface area contributed by atoms with E-state index in [2.05, 4.69) is 27.0 Å². The van der Waals surface area contributed by atoms with Crippen molar-refractivity contribution in [2.45, 2.75) is 0 Å². The van der Waals surface area contributed by atoms with Crippen molar-refractivity contribution in [2.24, 2.45) is 0 Å². The molecule has 3 nitrogen and oxygen atoms in total. The first-order chi connectivity index (χ1) is 8.95. The zero-order valence-corrected chi connectivity index (χ0v) is 9.82. The van der Waals surface area contributed by atoms with Gasteiger partial charge in [-0.2, -0.15) is 0 Å². The molecule has 0 saturated carbocycles. The van der Waals surface area contributed by atoms with Crippen molar-refractivity contribution in [3.05, 3.63) is 79.1 Å². The Balaban J connectivity index is 2.05. The first-order valence-corrected chi connectivity index (χ1v) is 5.84. The molecule has 0 aliphatic carbocycles. The van der Waals surface area contributed by atoms with Crippen LogP contribution in [0.5, 0.6) is 0 Å². The first-order valence-electron chi connectivity index (χ1n) is 5.84. The molecule has 0 fully saturated rings. The van der Waals surface area contributed by atoms with Crippen molar-refractivity contribution in [1.82, 2.24) is 14.9 Å².